The van der Waals surface area contributed by atoms with Crippen LogP contribution >= 0.6 is 0 Å². The SMILES string of the molecule is CCOc1cc(C#N)c(C)cc1OC. The van der Waals surface area contributed by atoms with E-state index in [0.29, 0.717) is 23.7 Å². The minimum absolute atomic E-state index is 0.560. The highest BCUT2D eigenvalue weighted by atomic mass is 16.5. The van der Waals surface area contributed by atoms with Crippen molar-refractivity contribution >= 4 is 0 Å². The number of aryl methyl sites for hydroxylation is 1. The first-order valence-electron chi connectivity index (χ1n) is 4.44. The van der Waals surface area contributed by atoms with Crippen LogP contribution < -0.4 is 9.47 Å². The third kappa shape index (κ3) is 1.97. The number of nitrogens with zero attached hydrogens (tertiary/aromatic N) is 1. The van der Waals surface area contributed by atoms with Gasteiger partial charge in [-0.2, -0.15) is 5.26 Å². The molecular formula is C11H13NO2. The van der Waals surface area contributed by atoms with Crippen LogP contribution in [0.2, 0.25) is 0 Å². The van der Waals surface area contributed by atoms with Crippen LogP contribution in [0.25, 0.3) is 0 Å². The maximum atomic E-state index is 8.83. The summed E-state index contributed by atoms with van der Waals surface area (Å²) in [5, 5.41) is 8.83. The van der Waals surface area contributed by atoms with Crippen LogP contribution in [0.15, 0.2) is 12.1 Å². The molecule has 0 bridgehead atoms. The summed E-state index contributed by atoms with van der Waals surface area (Å²) >= 11 is 0. The minimum Gasteiger partial charge on any atom is -0.493 e. The zero-order valence-corrected chi connectivity index (χ0v) is 8.63. The largest absolute Gasteiger partial charge is 0.493 e. The number of nitriles is 1. The van der Waals surface area contributed by atoms with E-state index in [1.165, 1.54) is 0 Å². The Hall–Kier alpha value is -1.69. The molecule has 0 N–H and O–H groups in total. The lowest BCUT2D eigenvalue weighted by molar-refractivity contribution is 0.310. The lowest BCUT2D eigenvalue weighted by Gasteiger charge is -2.10. The van der Waals surface area contributed by atoms with Crippen LogP contribution in [-0.4, -0.2) is 13.7 Å². The first-order chi connectivity index (χ1) is 6.72. The molecule has 3 nitrogen and oxygen atoms in total. The van der Waals surface area contributed by atoms with E-state index >= 15 is 0 Å². The Morgan fingerprint density at radius 2 is 2.07 bits per heavy atom. The molecule has 0 unspecified atom stereocenters. The van der Waals surface area contributed by atoms with E-state index in [1.807, 2.05) is 19.9 Å². The summed E-state index contributed by atoms with van der Waals surface area (Å²) in [5.74, 6) is 1.29. The van der Waals surface area contributed by atoms with Gasteiger partial charge in [-0.1, -0.05) is 0 Å². The normalized spacial score (nSPS) is 9.29. The molecule has 0 spiro atoms. The topological polar surface area (TPSA) is 42.2 Å². The predicted octanol–water partition coefficient (Wildman–Crippen LogP) is 2.27. The fourth-order valence-corrected chi connectivity index (χ4v) is 1.21. The monoisotopic (exact) mass is 191 g/mol. The van der Waals surface area contributed by atoms with E-state index < -0.39 is 0 Å². The van der Waals surface area contributed by atoms with E-state index in [2.05, 4.69) is 6.07 Å². The van der Waals surface area contributed by atoms with Crippen molar-refractivity contribution in [3.05, 3.63) is 23.3 Å². The van der Waals surface area contributed by atoms with Gasteiger partial charge < -0.3 is 9.47 Å². The fourth-order valence-electron chi connectivity index (χ4n) is 1.21. The number of hydrogen-bond acceptors (Lipinski definition) is 3. The number of ether oxygens (including phenoxy) is 2. The molecule has 1 rings (SSSR count). The van der Waals surface area contributed by atoms with Crippen LogP contribution in [0.3, 0.4) is 0 Å². The smallest absolute Gasteiger partial charge is 0.162 e. The standard InChI is InChI=1S/C11H13NO2/c1-4-14-11-6-9(7-12)8(2)5-10(11)13-3/h5-6H,4H2,1-3H3. The maximum absolute atomic E-state index is 8.83. The summed E-state index contributed by atoms with van der Waals surface area (Å²) in [7, 11) is 1.59. The first-order valence-corrected chi connectivity index (χ1v) is 4.44. The Bertz CT molecular complexity index is 366. The average molecular weight is 191 g/mol. The zero-order chi connectivity index (χ0) is 10.6. The van der Waals surface area contributed by atoms with Crippen molar-refractivity contribution in [3.8, 4) is 17.6 Å². The molecular weight excluding hydrogens is 178 g/mol. The summed E-state index contributed by atoms with van der Waals surface area (Å²) in [5.41, 5.74) is 1.52. The quantitative estimate of drug-likeness (QED) is 0.736. The number of benzene rings is 1. The van der Waals surface area contributed by atoms with Gasteiger partial charge in [-0.15, -0.1) is 0 Å². The summed E-state index contributed by atoms with van der Waals surface area (Å²) in [6.45, 7) is 4.33. The fraction of sp³-hybridized carbons (Fsp3) is 0.364. The molecule has 0 aliphatic heterocycles. The number of methoxy groups -OCH3 is 1. The van der Waals surface area contributed by atoms with Crippen LogP contribution in [0.5, 0.6) is 11.5 Å². The first kappa shape index (κ1) is 10.4. The molecule has 1 aromatic rings. The molecule has 0 fully saturated rings. The highest BCUT2D eigenvalue weighted by Crippen LogP contribution is 2.30. The summed E-state index contributed by atoms with van der Waals surface area (Å²) in [6.07, 6.45) is 0. The summed E-state index contributed by atoms with van der Waals surface area (Å²) in [6, 6.07) is 5.62. The van der Waals surface area contributed by atoms with E-state index in [1.54, 1.807) is 13.2 Å². The van der Waals surface area contributed by atoms with Crippen molar-refractivity contribution in [2.45, 2.75) is 13.8 Å². The van der Waals surface area contributed by atoms with Gasteiger partial charge in [0.2, 0.25) is 0 Å². The van der Waals surface area contributed by atoms with Crippen molar-refractivity contribution in [2.24, 2.45) is 0 Å². The molecule has 0 saturated heterocycles. The van der Waals surface area contributed by atoms with Gasteiger partial charge in [-0.25, -0.2) is 0 Å². The predicted molar refractivity (Wildman–Crippen MR) is 53.6 cm³/mol. The second-order valence-electron chi connectivity index (χ2n) is 2.86. The molecule has 0 radical (unpaired) electrons. The van der Waals surface area contributed by atoms with E-state index in [9.17, 15) is 0 Å². The molecule has 0 aliphatic carbocycles. The molecule has 14 heavy (non-hydrogen) atoms. The lowest BCUT2D eigenvalue weighted by Crippen LogP contribution is -1.97. The van der Waals surface area contributed by atoms with Gasteiger partial charge in [0.15, 0.2) is 11.5 Å². The third-order valence-corrected chi connectivity index (χ3v) is 1.93. The molecule has 1 aromatic carbocycles. The molecule has 0 amide bonds. The van der Waals surface area contributed by atoms with Crippen LogP contribution in [-0.2, 0) is 0 Å². The summed E-state index contributed by atoms with van der Waals surface area (Å²) < 4.78 is 10.5. The Labute approximate surface area is 83.9 Å². The highest BCUT2D eigenvalue weighted by molar-refractivity contribution is 5.51. The van der Waals surface area contributed by atoms with E-state index in [0.717, 1.165) is 5.56 Å². The minimum atomic E-state index is 0.560. The van der Waals surface area contributed by atoms with Crippen LogP contribution in [0, 0.1) is 18.3 Å². The van der Waals surface area contributed by atoms with Crippen molar-refractivity contribution < 1.29 is 9.47 Å². The summed E-state index contributed by atoms with van der Waals surface area (Å²) in [4.78, 5) is 0. The van der Waals surface area contributed by atoms with Gasteiger partial charge >= 0.3 is 0 Å². The third-order valence-electron chi connectivity index (χ3n) is 1.93. The van der Waals surface area contributed by atoms with Crippen LogP contribution in [0.1, 0.15) is 18.1 Å². The average Bonchev–Trinajstić information content (AvgIpc) is 2.20. The van der Waals surface area contributed by atoms with E-state index in [4.69, 9.17) is 14.7 Å². The van der Waals surface area contributed by atoms with E-state index in [-0.39, 0.29) is 0 Å². The van der Waals surface area contributed by atoms with Crippen molar-refractivity contribution in [1.82, 2.24) is 0 Å². The van der Waals surface area contributed by atoms with Crippen molar-refractivity contribution in [3.63, 3.8) is 0 Å². The Morgan fingerprint density at radius 3 is 2.57 bits per heavy atom. The van der Waals surface area contributed by atoms with Gasteiger partial charge in [0.1, 0.15) is 0 Å². The van der Waals surface area contributed by atoms with Gasteiger partial charge in [0.05, 0.1) is 25.3 Å². The van der Waals surface area contributed by atoms with Gasteiger partial charge in [0.25, 0.3) is 0 Å². The number of rotatable bonds is 3. The van der Waals surface area contributed by atoms with Gasteiger partial charge in [-0.3, -0.25) is 0 Å². The van der Waals surface area contributed by atoms with Crippen LogP contribution in [0.4, 0.5) is 0 Å². The highest BCUT2D eigenvalue weighted by Gasteiger charge is 2.07. The molecule has 3 heteroatoms. The molecule has 0 saturated carbocycles. The maximum Gasteiger partial charge on any atom is 0.162 e. The second kappa shape index (κ2) is 4.52. The lowest BCUT2D eigenvalue weighted by atomic mass is 10.1. The van der Waals surface area contributed by atoms with Gasteiger partial charge in [-0.05, 0) is 25.5 Å². The second-order valence-corrected chi connectivity index (χ2v) is 2.86. The molecule has 0 atom stereocenters. The van der Waals surface area contributed by atoms with Crippen molar-refractivity contribution in [1.29, 1.82) is 5.26 Å². The molecule has 0 heterocycles. The van der Waals surface area contributed by atoms with Crippen molar-refractivity contribution in [2.75, 3.05) is 13.7 Å². The number of hydrogen-bond donors (Lipinski definition) is 0. The Morgan fingerprint density at radius 1 is 1.36 bits per heavy atom. The molecule has 0 aliphatic rings. The molecule has 0 aromatic heterocycles. The van der Waals surface area contributed by atoms with Gasteiger partial charge in [0, 0.05) is 6.07 Å². The zero-order valence-electron chi connectivity index (χ0n) is 8.63. The Balaban J connectivity index is 3.19. The molecule has 74 valence electrons. The Kier molecular flexibility index (Phi) is 3.35.